The van der Waals surface area contributed by atoms with Crippen LogP contribution in [0, 0.1) is 0 Å². The molecule has 1 fully saturated rings. The van der Waals surface area contributed by atoms with E-state index >= 15 is 0 Å². The number of carbonyl (C=O) groups is 1. The molecule has 1 amide bonds. The van der Waals surface area contributed by atoms with Gasteiger partial charge in [-0.05, 0) is 12.8 Å². The first-order valence-corrected chi connectivity index (χ1v) is 6.61. The smallest absolute Gasteiger partial charge is 0.221 e. The van der Waals surface area contributed by atoms with E-state index in [1.165, 1.54) is 0 Å². The summed E-state index contributed by atoms with van der Waals surface area (Å²) in [6.45, 7) is 1.73. The fourth-order valence-electron chi connectivity index (χ4n) is 1.91. The molecule has 1 aromatic heterocycles. The van der Waals surface area contributed by atoms with Crippen LogP contribution in [0.2, 0.25) is 0 Å². The monoisotopic (exact) mass is 239 g/mol. The number of aromatic nitrogens is 1. The van der Waals surface area contributed by atoms with Crippen molar-refractivity contribution in [3.63, 3.8) is 0 Å². The van der Waals surface area contributed by atoms with Gasteiger partial charge in [0.1, 0.15) is 0 Å². The second-order valence-electron chi connectivity index (χ2n) is 4.02. The maximum Gasteiger partial charge on any atom is 0.221 e. The highest BCUT2D eigenvalue weighted by Gasteiger charge is 2.16. The van der Waals surface area contributed by atoms with Crippen LogP contribution in [-0.2, 0) is 11.2 Å². The summed E-state index contributed by atoms with van der Waals surface area (Å²) < 4.78 is 0. The second-order valence-corrected chi connectivity index (χ2v) is 5.00. The van der Waals surface area contributed by atoms with Crippen molar-refractivity contribution in [2.45, 2.75) is 31.7 Å². The largest absolute Gasteiger partial charge is 0.356 e. The fourth-order valence-corrected chi connectivity index (χ4v) is 2.53. The molecule has 1 unspecified atom stereocenters. The molecule has 16 heavy (non-hydrogen) atoms. The Kier molecular flexibility index (Phi) is 4.30. The molecule has 1 aliphatic rings. The minimum atomic E-state index is 0.171. The second kappa shape index (κ2) is 5.96. The SMILES string of the molecule is O=C1CC(NCCc2nccs2)CCCN1. The fraction of sp³-hybridized carbons (Fsp3) is 0.636. The maximum absolute atomic E-state index is 11.3. The topological polar surface area (TPSA) is 54.0 Å². The standard InChI is InChI=1S/C11H17N3OS/c15-10-8-9(2-1-4-13-10)12-5-3-11-14-6-7-16-11/h6-7,9,12H,1-5,8H2,(H,13,15). The summed E-state index contributed by atoms with van der Waals surface area (Å²) in [6.07, 6.45) is 5.55. The Balaban J connectivity index is 1.70. The van der Waals surface area contributed by atoms with Gasteiger partial charge in [-0.3, -0.25) is 4.79 Å². The molecule has 88 valence electrons. The lowest BCUT2D eigenvalue weighted by Crippen LogP contribution is -2.33. The van der Waals surface area contributed by atoms with Crippen molar-refractivity contribution in [2.24, 2.45) is 0 Å². The predicted molar refractivity (Wildman–Crippen MR) is 64.5 cm³/mol. The Morgan fingerprint density at radius 3 is 3.38 bits per heavy atom. The van der Waals surface area contributed by atoms with Crippen LogP contribution in [0.3, 0.4) is 0 Å². The molecule has 0 spiro atoms. The van der Waals surface area contributed by atoms with Gasteiger partial charge in [-0.25, -0.2) is 4.98 Å². The Morgan fingerprint density at radius 2 is 2.56 bits per heavy atom. The molecule has 2 rings (SSSR count). The Hall–Kier alpha value is -0.940. The first-order chi connectivity index (χ1) is 7.84. The van der Waals surface area contributed by atoms with Crippen LogP contribution in [0.1, 0.15) is 24.3 Å². The zero-order chi connectivity index (χ0) is 11.2. The molecule has 1 aromatic rings. The van der Waals surface area contributed by atoms with Crippen LogP contribution < -0.4 is 10.6 Å². The molecular weight excluding hydrogens is 222 g/mol. The summed E-state index contributed by atoms with van der Waals surface area (Å²) >= 11 is 1.68. The molecular formula is C11H17N3OS. The Labute approximate surface area is 99.5 Å². The molecule has 0 bridgehead atoms. The quantitative estimate of drug-likeness (QED) is 0.822. The van der Waals surface area contributed by atoms with E-state index in [-0.39, 0.29) is 5.91 Å². The number of nitrogens with one attached hydrogen (secondary N) is 2. The number of nitrogens with zero attached hydrogens (tertiary/aromatic N) is 1. The minimum Gasteiger partial charge on any atom is -0.356 e. The van der Waals surface area contributed by atoms with E-state index in [4.69, 9.17) is 0 Å². The molecule has 4 nitrogen and oxygen atoms in total. The molecule has 2 N–H and O–H groups in total. The molecule has 0 radical (unpaired) electrons. The molecule has 1 atom stereocenters. The Bertz CT molecular complexity index is 326. The molecule has 1 saturated heterocycles. The zero-order valence-electron chi connectivity index (χ0n) is 9.24. The highest BCUT2D eigenvalue weighted by molar-refractivity contribution is 7.09. The lowest BCUT2D eigenvalue weighted by atomic mass is 10.1. The van der Waals surface area contributed by atoms with Crippen LogP contribution in [0.4, 0.5) is 0 Å². The average Bonchev–Trinajstić information content (AvgIpc) is 2.69. The van der Waals surface area contributed by atoms with Gasteiger partial charge in [-0.15, -0.1) is 11.3 Å². The van der Waals surface area contributed by atoms with Gasteiger partial charge in [0.05, 0.1) is 5.01 Å². The lowest BCUT2D eigenvalue weighted by Gasteiger charge is -2.14. The number of carbonyl (C=O) groups excluding carboxylic acids is 1. The summed E-state index contributed by atoms with van der Waals surface area (Å²) in [5.74, 6) is 0.171. The van der Waals surface area contributed by atoms with Gasteiger partial charge in [0.15, 0.2) is 0 Å². The van der Waals surface area contributed by atoms with Gasteiger partial charge in [-0.2, -0.15) is 0 Å². The van der Waals surface area contributed by atoms with E-state index in [1.807, 2.05) is 11.6 Å². The minimum absolute atomic E-state index is 0.171. The number of hydrogen-bond donors (Lipinski definition) is 2. The highest BCUT2D eigenvalue weighted by atomic mass is 32.1. The Morgan fingerprint density at radius 1 is 1.62 bits per heavy atom. The molecule has 5 heteroatoms. The van der Waals surface area contributed by atoms with Gasteiger partial charge < -0.3 is 10.6 Å². The number of thiazole rings is 1. The highest BCUT2D eigenvalue weighted by Crippen LogP contribution is 2.07. The number of hydrogen-bond acceptors (Lipinski definition) is 4. The van der Waals surface area contributed by atoms with Crippen LogP contribution >= 0.6 is 11.3 Å². The number of amides is 1. The third-order valence-corrected chi connectivity index (χ3v) is 3.58. The van der Waals surface area contributed by atoms with E-state index in [0.717, 1.165) is 37.4 Å². The summed E-state index contributed by atoms with van der Waals surface area (Å²) in [4.78, 5) is 15.6. The molecule has 2 heterocycles. The predicted octanol–water partition coefficient (Wildman–Crippen LogP) is 0.944. The van der Waals surface area contributed by atoms with Gasteiger partial charge in [0.2, 0.25) is 5.91 Å². The normalized spacial score (nSPS) is 21.5. The molecule has 1 aliphatic heterocycles. The van der Waals surface area contributed by atoms with E-state index in [1.54, 1.807) is 11.3 Å². The van der Waals surface area contributed by atoms with Crippen LogP contribution in [0.15, 0.2) is 11.6 Å². The lowest BCUT2D eigenvalue weighted by molar-refractivity contribution is -0.121. The van der Waals surface area contributed by atoms with Gasteiger partial charge in [-0.1, -0.05) is 0 Å². The summed E-state index contributed by atoms with van der Waals surface area (Å²) in [5, 5.41) is 9.48. The first kappa shape index (κ1) is 11.5. The van der Waals surface area contributed by atoms with Crippen molar-refractivity contribution in [3.8, 4) is 0 Å². The third-order valence-electron chi connectivity index (χ3n) is 2.74. The summed E-state index contributed by atoms with van der Waals surface area (Å²) in [6, 6.07) is 0.336. The molecule has 0 aliphatic carbocycles. The molecule has 0 saturated carbocycles. The number of rotatable bonds is 4. The van der Waals surface area contributed by atoms with Crippen molar-refractivity contribution < 1.29 is 4.79 Å². The van der Waals surface area contributed by atoms with E-state index in [0.29, 0.717) is 12.5 Å². The van der Waals surface area contributed by atoms with Crippen molar-refractivity contribution >= 4 is 17.2 Å². The summed E-state index contributed by atoms with van der Waals surface area (Å²) in [5.41, 5.74) is 0. The van der Waals surface area contributed by atoms with Crippen molar-refractivity contribution in [3.05, 3.63) is 16.6 Å². The van der Waals surface area contributed by atoms with Gasteiger partial charge >= 0.3 is 0 Å². The van der Waals surface area contributed by atoms with E-state index in [9.17, 15) is 4.79 Å². The summed E-state index contributed by atoms with van der Waals surface area (Å²) in [7, 11) is 0. The van der Waals surface area contributed by atoms with Gasteiger partial charge in [0.25, 0.3) is 0 Å². The van der Waals surface area contributed by atoms with Crippen LogP contribution in [-0.4, -0.2) is 30.0 Å². The van der Waals surface area contributed by atoms with Crippen LogP contribution in [0.5, 0.6) is 0 Å². The van der Waals surface area contributed by atoms with Gasteiger partial charge in [0, 0.05) is 43.5 Å². The molecule has 0 aromatic carbocycles. The van der Waals surface area contributed by atoms with E-state index in [2.05, 4.69) is 15.6 Å². The van der Waals surface area contributed by atoms with E-state index < -0.39 is 0 Å². The van der Waals surface area contributed by atoms with Crippen molar-refractivity contribution in [1.82, 2.24) is 15.6 Å². The maximum atomic E-state index is 11.3. The van der Waals surface area contributed by atoms with Crippen molar-refractivity contribution in [2.75, 3.05) is 13.1 Å². The van der Waals surface area contributed by atoms with Crippen LogP contribution in [0.25, 0.3) is 0 Å². The average molecular weight is 239 g/mol. The zero-order valence-corrected chi connectivity index (χ0v) is 10.1. The first-order valence-electron chi connectivity index (χ1n) is 5.73. The third kappa shape index (κ3) is 3.57. The van der Waals surface area contributed by atoms with Crippen molar-refractivity contribution in [1.29, 1.82) is 0 Å².